The van der Waals surface area contributed by atoms with Crippen LogP contribution in [0.1, 0.15) is 52.4 Å². The molecule has 3 heteroatoms. The van der Waals surface area contributed by atoms with Crippen LogP contribution in [-0.2, 0) is 0 Å². The third kappa shape index (κ3) is 4.58. The topological polar surface area (TPSA) is 32.5 Å². The normalized spacial score (nSPS) is 19.4. The lowest BCUT2D eigenvalue weighted by atomic mass is 10.2. The van der Waals surface area contributed by atoms with Crippen molar-refractivity contribution in [1.82, 2.24) is 9.80 Å². The van der Waals surface area contributed by atoms with Gasteiger partial charge in [-0.15, -0.1) is 0 Å². The minimum absolute atomic E-state index is 0.591. The van der Waals surface area contributed by atoms with Crippen molar-refractivity contribution < 1.29 is 0 Å². The Morgan fingerprint density at radius 2 is 1.53 bits per heavy atom. The van der Waals surface area contributed by atoms with E-state index in [1.54, 1.807) is 0 Å². The van der Waals surface area contributed by atoms with Gasteiger partial charge in [-0.05, 0) is 32.2 Å². The Bertz CT molecular complexity index is 198. The summed E-state index contributed by atoms with van der Waals surface area (Å²) in [6.45, 7) is 7.61. The molecule has 1 unspecified atom stereocenters. The smallest absolute Gasteiger partial charge is 0.101 e. The summed E-state index contributed by atoms with van der Waals surface area (Å²) in [6.07, 6.45) is 12.6. The van der Waals surface area contributed by atoms with Crippen LogP contribution >= 0.6 is 0 Å². The van der Waals surface area contributed by atoms with E-state index in [0.29, 0.717) is 6.17 Å². The fourth-order valence-electron chi connectivity index (χ4n) is 2.34. The molecule has 0 aliphatic carbocycles. The lowest BCUT2D eigenvalue weighted by Gasteiger charge is -2.33. The predicted octanol–water partition coefficient (Wildman–Crippen LogP) is 2.74. The van der Waals surface area contributed by atoms with Crippen LogP contribution in [-0.4, -0.2) is 35.6 Å². The molecule has 1 aliphatic heterocycles. The van der Waals surface area contributed by atoms with Gasteiger partial charge in [-0.1, -0.05) is 26.7 Å². The standard InChI is InChI=1S/C14H29N3/c1-3-5-8-14-16(10-6-4-2)12-13-17(14)11-7-9-15/h12-14H,3-11,15H2,1-2H3. The van der Waals surface area contributed by atoms with E-state index in [2.05, 4.69) is 36.0 Å². The number of nitrogens with two attached hydrogens (primary N) is 1. The third-order valence-corrected chi connectivity index (χ3v) is 3.42. The molecular weight excluding hydrogens is 210 g/mol. The summed E-state index contributed by atoms with van der Waals surface area (Å²) in [5, 5.41) is 0. The van der Waals surface area contributed by atoms with Gasteiger partial charge >= 0.3 is 0 Å². The monoisotopic (exact) mass is 239 g/mol. The lowest BCUT2D eigenvalue weighted by molar-refractivity contribution is 0.138. The van der Waals surface area contributed by atoms with E-state index in [4.69, 9.17) is 5.73 Å². The molecule has 0 spiro atoms. The second-order valence-corrected chi connectivity index (χ2v) is 4.89. The van der Waals surface area contributed by atoms with Crippen molar-refractivity contribution in [3.8, 4) is 0 Å². The van der Waals surface area contributed by atoms with Crippen LogP contribution in [0.15, 0.2) is 12.4 Å². The Morgan fingerprint density at radius 1 is 0.941 bits per heavy atom. The lowest BCUT2D eigenvalue weighted by Crippen LogP contribution is -2.39. The van der Waals surface area contributed by atoms with Crippen molar-refractivity contribution in [1.29, 1.82) is 0 Å². The molecule has 0 radical (unpaired) electrons. The molecule has 3 nitrogen and oxygen atoms in total. The summed E-state index contributed by atoms with van der Waals surface area (Å²) in [5.74, 6) is 0. The second kappa shape index (κ2) is 8.40. The van der Waals surface area contributed by atoms with Gasteiger partial charge in [0.2, 0.25) is 0 Å². The van der Waals surface area contributed by atoms with Crippen LogP contribution in [0.5, 0.6) is 0 Å². The first-order chi connectivity index (χ1) is 8.33. The first kappa shape index (κ1) is 14.4. The van der Waals surface area contributed by atoms with Gasteiger partial charge in [0.15, 0.2) is 0 Å². The number of hydrogen-bond acceptors (Lipinski definition) is 3. The van der Waals surface area contributed by atoms with Gasteiger partial charge in [0.25, 0.3) is 0 Å². The molecule has 0 saturated carbocycles. The first-order valence-corrected chi connectivity index (χ1v) is 7.23. The minimum Gasteiger partial charge on any atom is -0.356 e. The van der Waals surface area contributed by atoms with Crippen LogP contribution in [0.3, 0.4) is 0 Å². The Balaban J connectivity index is 2.44. The van der Waals surface area contributed by atoms with Crippen molar-refractivity contribution in [3.63, 3.8) is 0 Å². The Kier molecular flexibility index (Phi) is 7.10. The summed E-state index contributed by atoms with van der Waals surface area (Å²) in [7, 11) is 0. The highest BCUT2D eigenvalue weighted by molar-refractivity contribution is 4.96. The average Bonchev–Trinajstić information content (AvgIpc) is 2.73. The van der Waals surface area contributed by atoms with Crippen LogP contribution in [0, 0.1) is 0 Å². The maximum atomic E-state index is 5.60. The van der Waals surface area contributed by atoms with E-state index < -0.39 is 0 Å². The highest BCUT2D eigenvalue weighted by atomic mass is 15.4. The van der Waals surface area contributed by atoms with E-state index >= 15 is 0 Å². The molecule has 0 bridgehead atoms. The quantitative estimate of drug-likeness (QED) is 0.671. The van der Waals surface area contributed by atoms with Crippen LogP contribution in [0.4, 0.5) is 0 Å². The Hall–Kier alpha value is -0.700. The van der Waals surface area contributed by atoms with Gasteiger partial charge in [-0.3, -0.25) is 0 Å². The maximum Gasteiger partial charge on any atom is 0.101 e. The second-order valence-electron chi connectivity index (χ2n) is 4.89. The van der Waals surface area contributed by atoms with Gasteiger partial charge < -0.3 is 15.5 Å². The Labute approximate surface area is 107 Å². The van der Waals surface area contributed by atoms with E-state index in [1.807, 2.05) is 0 Å². The maximum absolute atomic E-state index is 5.60. The SMILES string of the molecule is CCCCC1N(CCCC)C=CN1CCCN. The van der Waals surface area contributed by atoms with Gasteiger partial charge in [-0.25, -0.2) is 0 Å². The number of nitrogens with zero attached hydrogens (tertiary/aromatic N) is 2. The fraction of sp³-hybridized carbons (Fsp3) is 0.857. The Morgan fingerprint density at radius 3 is 2.06 bits per heavy atom. The van der Waals surface area contributed by atoms with E-state index in [9.17, 15) is 0 Å². The minimum atomic E-state index is 0.591. The summed E-state index contributed by atoms with van der Waals surface area (Å²) in [6, 6.07) is 0. The molecule has 2 N–H and O–H groups in total. The summed E-state index contributed by atoms with van der Waals surface area (Å²) >= 11 is 0. The van der Waals surface area contributed by atoms with Crippen LogP contribution < -0.4 is 5.73 Å². The highest BCUT2D eigenvalue weighted by Gasteiger charge is 2.24. The molecule has 0 amide bonds. The largest absolute Gasteiger partial charge is 0.356 e. The molecule has 17 heavy (non-hydrogen) atoms. The van der Waals surface area contributed by atoms with Crippen molar-refractivity contribution in [2.24, 2.45) is 5.73 Å². The third-order valence-electron chi connectivity index (χ3n) is 3.42. The predicted molar refractivity (Wildman–Crippen MR) is 74.4 cm³/mol. The van der Waals surface area contributed by atoms with Gasteiger partial charge in [0.1, 0.15) is 6.17 Å². The zero-order valence-electron chi connectivity index (χ0n) is 11.6. The van der Waals surface area contributed by atoms with Gasteiger partial charge in [-0.2, -0.15) is 0 Å². The highest BCUT2D eigenvalue weighted by Crippen LogP contribution is 2.21. The van der Waals surface area contributed by atoms with Gasteiger partial charge in [0, 0.05) is 25.5 Å². The zero-order chi connectivity index (χ0) is 12.5. The first-order valence-electron chi connectivity index (χ1n) is 7.23. The summed E-state index contributed by atoms with van der Waals surface area (Å²) in [4.78, 5) is 4.98. The molecule has 0 aromatic rings. The van der Waals surface area contributed by atoms with E-state index in [1.165, 1.54) is 38.6 Å². The fourth-order valence-corrected chi connectivity index (χ4v) is 2.34. The molecule has 100 valence electrons. The van der Waals surface area contributed by atoms with Gasteiger partial charge in [0.05, 0.1) is 0 Å². The van der Waals surface area contributed by atoms with Crippen molar-refractivity contribution in [2.45, 2.75) is 58.5 Å². The van der Waals surface area contributed by atoms with Crippen molar-refractivity contribution in [2.75, 3.05) is 19.6 Å². The molecule has 1 aliphatic rings. The average molecular weight is 239 g/mol. The van der Waals surface area contributed by atoms with Crippen LogP contribution in [0.25, 0.3) is 0 Å². The number of unbranched alkanes of at least 4 members (excludes halogenated alkanes) is 2. The van der Waals surface area contributed by atoms with E-state index in [-0.39, 0.29) is 0 Å². The number of rotatable bonds is 9. The summed E-state index contributed by atoms with van der Waals surface area (Å²) < 4.78 is 0. The molecule has 0 fully saturated rings. The molecule has 0 aromatic heterocycles. The van der Waals surface area contributed by atoms with E-state index in [0.717, 1.165) is 19.5 Å². The van der Waals surface area contributed by atoms with Crippen molar-refractivity contribution >= 4 is 0 Å². The molecule has 1 atom stereocenters. The molecule has 1 rings (SSSR count). The molecule has 0 saturated heterocycles. The van der Waals surface area contributed by atoms with Crippen molar-refractivity contribution in [3.05, 3.63) is 12.4 Å². The molecular formula is C14H29N3. The van der Waals surface area contributed by atoms with Crippen LogP contribution in [0.2, 0.25) is 0 Å². The molecule has 0 aromatic carbocycles. The molecule has 1 heterocycles. The summed E-state index contributed by atoms with van der Waals surface area (Å²) in [5.41, 5.74) is 5.60. The zero-order valence-corrected chi connectivity index (χ0v) is 11.6. The number of hydrogen-bond donors (Lipinski definition) is 1.